The Morgan fingerprint density at radius 1 is 0.727 bits per heavy atom. The molecule has 0 unspecified atom stereocenters. The van der Waals surface area contributed by atoms with Crippen LogP contribution >= 0.6 is 0 Å². The van der Waals surface area contributed by atoms with E-state index in [0.717, 1.165) is 25.7 Å². The largest absolute Gasteiger partial charge is 0.465 e. The molecule has 1 saturated carbocycles. The number of carbonyl (C=O) groups excluding carboxylic acids is 2. The first-order chi connectivity index (χ1) is 9.98. The van der Waals surface area contributed by atoms with Crippen molar-refractivity contribution >= 4 is 11.9 Å². The fourth-order valence-corrected chi connectivity index (χ4v) is 2.38. The molecule has 0 aromatic carbocycles. The average Bonchev–Trinajstić information content (AvgIpc) is 2.40. The predicted octanol–water partition coefficient (Wildman–Crippen LogP) is 3.97. The third-order valence-electron chi connectivity index (χ3n) is 3.69. The Kier molecular flexibility index (Phi) is 6.45. The fourth-order valence-electron chi connectivity index (χ4n) is 2.38. The second kappa shape index (κ2) is 7.47. The normalized spacial score (nSPS) is 23.0. The minimum atomic E-state index is -0.114. The Hall–Kier alpha value is -1.06. The highest BCUT2D eigenvalue weighted by Gasteiger charge is 2.32. The van der Waals surface area contributed by atoms with Crippen molar-refractivity contribution in [2.24, 2.45) is 22.7 Å². The van der Waals surface area contributed by atoms with Crippen molar-refractivity contribution in [2.45, 2.75) is 67.2 Å². The summed E-state index contributed by atoms with van der Waals surface area (Å²) in [5.41, 5.74) is -0.0206. The van der Waals surface area contributed by atoms with E-state index in [-0.39, 0.29) is 34.6 Å². The number of esters is 2. The molecule has 1 fully saturated rings. The molecular formula is C18H32O4. The van der Waals surface area contributed by atoms with Gasteiger partial charge in [0.1, 0.15) is 0 Å². The van der Waals surface area contributed by atoms with Crippen LogP contribution in [0.3, 0.4) is 0 Å². The zero-order valence-electron chi connectivity index (χ0n) is 15.0. The first-order valence-electron chi connectivity index (χ1n) is 8.31. The van der Waals surface area contributed by atoms with E-state index >= 15 is 0 Å². The van der Waals surface area contributed by atoms with Gasteiger partial charge in [0.2, 0.25) is 0 Å². The van der Waals surface area contributed by atoms with Gasteiger partial charge in [-0.1, -0.05) is 41.5 Å². The van der Waals surface area contributed by atoms with E-state index in [4.69, 9.17) is 9.47 Å². The van der Waals surface area contributed by atoms with Crippen LogP contribution in [0.5, 0.6) is 0 Å². The molecule has 4 heteroatoms. The summed E-state index contributed by atoms with van der Waals surface area (Å²) in [5.74, 6) is -0.351. The molecule has 0 radical (unpaired) electrons. The van der Waals surface area contributed by atoms with Crippen LogP contribution in [0.15, 0.2) is 0 Å². The van der Waals surface area contributed by atoms with Gasteiger partial charge in [-0.3, -0.25) is 9.59 Å². The van der Waals surface area contributed by atoms with Gasteiger partial charge in [0.25, 0.3) is 0 Å². The minimum absolute atomic E-state index is 0.0103. The monoisotopic (exact) mass is 312 g/mol. The third kappa shape index (κ3) is 7.28. The van der Waals surface area contributed by atoms with Gasteiger partial charge in [-0.05, 0) is 36.5 Å². The highest BCUT2D eigenvalue weighted by Crippen LogP contribution is 2.31. The quantitative estimate of drug-likeness (QED) is 0.737. The topological polar surface area (TPSA) is 52.6 Å². The van der Waals surface area contributed by atoms with Gasteiger partial charge >= 0.3 is 11.9 Å². The summed E-state index contributed by atoms with van der Waals surface area (Å²) in [6.45, 7) is 13.2. The number of hydrogen-bond acceptors (Lipinski definition) is 4. The molecule has 0 aliphatic heterocycles. The Bertz CT molecular complexity index is 341. The van der Waals surface area contributed by atoms with Crippen molar-refractivity contribution in [1.29, 1.82) is 0 Å². The number of ether oxygens (including phenoxy) is 2. The van der Waals surface area contributed by atoms with E-state index in [1.165, 1.54) is 0 Å². The van der Waals surface area contributed by atoms with Crippen molar-refractivity contribution in [3.8, 4) is 0 Å². The molecule has 0 heterocycles. The Balaban J connectivity index is 2.33. The second-order valence-corrected chi connectivity index (χ2v) is 8.89. The molecule has 0 aromatic rings. The molecule has 1 aliphatic rings. The van der Waals surface area contributed by atoms with Crippen LogP contribution in [-0.2, 0) is 19.1 Å². The van der Waals surface area contributed by atoms with E-state index in [0.29, 0.717) is 13.2 Å². The first-order valence-corrected chi connectivity index (χ1v) is 8.31. The van der Waals surface area contributed by atoms with E-state index in [1.54, 1.807) is 0 Å². The maximum atomic E-state index is 12.0. The highest BCUT2D eigenvalue weighted by atomic mass is 16.5. The molecule has 0 saturated heterocycles. The summed E-state index contributed by atoms with van der Waals surface area (Å²) in [5, 5.41) is 0. The lowest BCUT2D eigenvalue weighted by Crippen LogP contribution is -2.31. The van der Waals surface area contributed by atoms with Gasteiger partial charge in [0.05, 0.1) is 25.0 Å². The van der Waals surface area contributed by atoms with Crippen LogP contribution in [0, 0.1) is 22.7 Å². The van der Waals surface area contributed by atoms with Crippen LogP contribution in [0.25, 0.3) is 0 Å². The summed E-state index contributed by atoms with van der Waals surface area (Å²) in [6.07, 6.45) is 2.88. The first kappa shape index (κ1) is 19.0. The Morgan fingerprint density at radius 3 is 1.23 bits per heavy atom. The van der Waals surface area contributed by atoms with Gasteiger partial charge in [-0.15, -0.1) is 0 Å². The lowest BCUT2D eigenvalue weighted by atomic mass is 9.82. The molecule has 0 N–H and O–H groups in total. The Labute approximate surface area is 134 Å². The number of hydrogen-bond donors (Lipinski definition) is 0. The molecule has 4 nitrogen and oxygen atoms in total. The van der Waals surface area contributed by atoms with E-state index < -0.39 is 0 Å². The molecule has 22 heavy (non-hydrogen) atoms. The molecule has 0 amide bonds. The van der Waals surface area contributed by atoms with Gasteiger partial charge < -0.3 is 9.47 Å². The third-order valence-corrected chi connectivity index (χ3v) is 3.69. The van der Waals surface area contributed by atoms with Crippen molar-refractivity contribution in [1.82, 2.24) is 0 Å². The van der Waals surface area contributed by atoms with Crippen molar-refractivity contribution in [3.63, 3.8) is 0 Å². The number of rotatable bonds is 4. The van der Waals surface area contributed by atoms with Crippen LogP contribution in [-0.4, -0.2) is 25.2 Å². The van der Waals surface area contributed by atoms with Crippen molar-refractivity contribution < 1.29 is 19.1 Å². The fraction of sp³-hybridized carbons (Fsp3) is 0.889. The lowest BCUT2D eigenvalue weighted by Gasteiger charge is -2.28. The highest BCUT2D eigenvalue weighted by molar-refractivity contribution is 5.75. The van der Waals surface area contributed by atoms with Gasteiger partial charge in [0, 0.05) is 0 Å². The van der Waals surface area contributed by atoms with Gasteiger partial charge in [-0.2, -0.15) is 0 Å². The summed E-state index contributed by atoms with van der Waals surface area (Å²) in [6, 6.07) is 0. The summed E-state index contributed by atoms with van der Waals surface area (Å²) in [7, 11) is 0. The lowest BCUT2D eigenvalue weighted by molar-refractivity contribution is -0.157. The molecule has 128 valence electrons. The molecule has 0 aromatic heterocycles. The zero-order chi connectivity index (χ0) is 17.0. The summed E-state index contributed by atoms with van der Waals surface area (Å²) < 4.78 is 10.8. The minimum Gasteiger partial charge on any atom is -0.465 e. The SMILES string of the molecule is CC(C)(C)COC(=O)C1CCC(C(=O)OCC(C)(C)C)CC1. The van der Waals surface area contributed by atoms with Crippen molar-refractivity contribution in [2.75, 3.05) is 13.2 Å². The molecule has 0 atom stereocenters. The zero-order valence-corrected chi connectivity index (χ0v) is 15.0. The molecular weight excluding hydrogens is 280 g/mol. The van der Waals surface area contributed by atoms with Crippen LogP contribution in [0.2, 0.25) is 0 Å². The standard InChI is InChI=1S/C18H32O4/c1-17(2,3)11-21-15(19)13-7-9-14(10-8-13)16(20)22-12-18(4,5)6/h13-14H,7-12H2,1-6H3. The maximum Gasteiger partial charge on any atom is 0.308 e. The molecule has 0 spiro atoms. The van der Waals surface area contributed by atoms with Crippen LogP contribution in [0.1, 0.15) is 67.2 Å². The second-order valence-electron chi connectivity index (χ2n) is 8.89. The van der Waals surface area contributed by atoms with Crippen molar-refractivity contribution in [3.05, 3.63) is 0 Å². The Morgan fingerprint density at radius 2 is 1.00 bits per heavy atom. The van der Waals surface area contributed by atoms with Crippen LogP contribution in [0.4, 0.5) is 0 Å². The average molecular weight is 312 g/mol. The summed E-state index contributed by atoms with van der Waals surface area (Å²) in [4.78, 5) is 24.1. The van der Waals surface area contributed by atoms with Crippen LogP contribution < -0.4 is 0 Å². The molecule has 1 aliphatic carbocycles. The van der Waals surface area contributed by atoms with E-state index in [1.807, 2.05) is 41.5 Å². The molecule has 1 rings (SSSR count). The molecule has 0 bridgehead atoms. The number of carbonyl (C=O) groups is 2. The van der Waals surface area contributed by atoms with Gasteiger partial charge in [0.15, 0.2) is 0 Å². The van der Waals surface area contributed by atoms with E-state index in [2.05, 4.69) is 0 Å². The van der Waals surface area contributed by atoms with E-state index in [9.17, 15) is 9.59 Å². The van der Waals surface area contributed by atoms with Gasteiger partial charge in [-0.25, -0.2) is 0 Å². The maximum absolute atomic E-state index is 12.0. The summed E-state index contributed by atoms with van der Waals surface area (Å²) >= 11 is 0. The smallest absolute Gasteiger partial charge is 0.308 e. The predicted molar refractivity (Wildman–Crippen MR) is 86.3 cm³/mol.